The number of ether oxygens (including phenoxy) is 1. The summed E-state index contributed by atoms with van der Waals surface area (Å²) in [7, 11) is 0. The van der Waals surface area contributed by atoms with Crippen LogP contribution in [0.2, 0.25) is 10.0 Å². The summed E-state index contributed by atoms with van der Waals surface area (Å²) < 4.78 is 5.58. The van der Waals surface area contributed by atoms with E-state index in [2.05, 4.69) is 0 Å². The van der Waals surface area contributed by atoms with E-state index in [1.54, 1.807) is 12.1 Å². The van der Waals surface area contributed by atoms with Gasteiger partial charge in [0, 0.05) is 16.6 Å². The zero-order chi connectivity index (χ0) is 14.4. The lowest BCUT2D eigenvalue weighted by Gasteiger charge is -2.22. The van der Waals surface area contributed by atoms with Crippen LogP contribution in [-0.2, 0) is 0 Å². The summed E-state index contributed by atoms with van der Waals surface area (Å²) in [6, 6.07) is 2.72. The molecule has 6 heteroatoms. The number of hydrogen-bond donors (Lipinski definition) is 3. The molecule has 4 nitrogen and oxygen atoms in total. The Morgan fingerprint density at radius 2 is 2.05 bits per heavy atom. The second-order valence-corrected chi connectivity index (χ2v) is 5.18. The number of halogens is 2. The Kier molecular flexibility index (Phi) is 6.89. The van der Waals surface area contributed by atoms with Crippen LogP contribution in [0.15, 0.2) is 12.1 Å². The Morgan fingerprint density at radius 3 is 2.63 bits per heavy atom. The number of aliphatic hydroxyl groups excluding tert-OH is 1. The van der Waals surface area contributed by atoms with Gasteiger partial charge in [-0.1, -0.05) is 30.1 Å². The summed E-state index contributed by atoms with van der Waals surface area (Å²) in [6.45, 7) is 2.89. The fourth-order valence-electron chi connectivity index (χ4n) is 1.74. The molecule has 0 aliphatic heterocycles. The van der Waals surface area contributed by atoms with Gasteiger partial charge in [0.15, 0.2) is 0 Å². The van der Waals surface area contributed by atoms with E-state index in [0.717, 1.165) is 6.42 Å². The normalized spacial score (nSPS) is 14.2. The molecule has 0 fully saturated rings. The van der Waals surface area contributed by atoms with Crippen molar-refractivity contribution in [2.24, 2.45) is 11.5 Å². The zero-order valence-corrected chi connectivity index (χ0v) is 12.4. The Balaban J connectivity index is 3.08. The third-order valence-corrected chi connectivity index (χ3v) is 3.21. The molecular weight excluding hydrogens is 287 g/mol. The Hall–Kier alpha value is -0.520. The van der Waals surface area contributed by atoms with Crippen molar-refractivity contribution in [3.63, 3.8) is 0 Å². The van der Waals surface area contributed by atoms with E-state index >= 15 is 0 Å². The number of hydrogen-bond acceptors (Lipinski definition) is 4. The first kappa shape index (κ1) is 16.5. The van der Waals surface area contributed by atoms with E-state index in [1.807, 2.05) is 6.92 Å². The molecular formula is C13H20Cl2N2O2. The highest BCUT2D eigenvalue weighted by Crippen LogP contribution is 2.37. The van der Waals surface area contributed by atoms with E-state index in [9.17, 15) is 5.11 Å². The third-order valence-electron chi connectivity index (χ3n) is 2.71. The van der Waals surface area contributed by atoms with Crippen molar-refractivity contribution in [2.45, 2.75) is 31.9 Å². The smallest absolute Gasteiger partial charge is 0.143 e. The van der Waals surface area contributed by atoms with Gasteiger partial charge in [-0.3, -0.25) is 0 Å². The Bertz CT molecular complexity index is 416. The van der Waals surface area contributed by atoms with Crippen molar-refractivity contribution in [2.75, 3.05) is 13.2 Å². The molecule has 108 valence electrons. The number of nitrogens with two attached hydrogens (primary N) is 2. The van der Waals surface area contributed by atoms with Crippen molar-refractivity contribution >= 4 is 23.2 Å². The second-order valence-electron chi connectivity index (χ2n) is 4.34. The van der Waals surface area contributed by atoms with E-state index in [0.29, 0.717) is 40.9 Å². The molecule has 1 aromatic carbocycles. The second kappa shape index (κ2) is 7.92. The molecule has 0 aliphatic carbocycles. The molecule has 0 saturated heterocycles. The van der Waals surface area contributed by atoms with Crippen LogP contribution in [0.25, 0.3) is 0 Å². The molecule has 0 aliphatic rings. The molecule has 1 rings (SSSR count). The van der Waals surface area contributed by atoms with Gasteiger partial charge in [0.05, 0.1) is 17.7 Å². The quantitative estimate of drug-likeness (QED) is 0.723. The topological polar surface area (TPSA) is 81.5 Å². The maximum atomic E-state index is 10.3. The molecule has 0 amide bonds. The van der Waals surface area contributed by atoms with Crippen LogP contribution in [0.5, 0.6) is 5.75 Å². The minimum atomic E-state index is -0.911. The van der Waals surface area contributed by atoms with Crippen molar-refractivity contribution in [1.29, 1.82) is 0 Å². The minimum absolute atomic E-state index is 0.370. The Labute approximate surface area is 123 Å². The fourth-order valence-corrected chi connectivity index (χ4v) is 2.30. The van der Waals surface area contributed by atoms with Gasteiger partial charge in [0.25, 0.3) is 0 Å². The number of rotatable bonds is 7. The van der Waals surface area contributed by atoms with Gasteiger partial charge >= 0.3 is 0 Å². The van der Waals surface area contributed by atoms with Crippen molar-refractivity contribution in [1.82, 2.24) is 0 Å². The van der Waals surface area contributed by atoms with Crippen LogP contribution in [0, 0.1) is 0 Å². The first-order chi connectivity index (χ1) is 9.01. The molecule has 0 spiro atoms. The molecule has 2 atom stereocenters. The van der Waals surface area contributed by atoms with Gasteiger partial charge in [0.2, 0.25) is 0 Å². The molecule has 1 aromatic rings. The lowest BCUT2D eigenvalue weighted by atomic mass is 9.99. The first-order valence-electron chi connectivity index (χ1n) is 6.26. The van der Waals surface area contributed by atoms with Crippen LogP contribution in [0.1, 0.15) is 31.4 Å². The van der Waals surface area contributed by atoms with Gasteiger partial charge in [-0.05, 0) is 31.5 Å². The van der Waals surface area contributed by atoms with Crippen molar-refractivity contribution in [3.05, 3.63) is 27.7 Å². The highest BCUT2D eigenvalue weighted by Gasteiger charge is 2.22. The molecule has 19 heavy (non-hydrogen) atoms. The zero-order valence-electron chi connectivity index (χ0n) is 10.9. The average molecular weight is 307 g/mol. The summed E-state index contributed by atoms with van der Waals surface area (Å²) >= 11 is 12.1. The van der Waals surface area contributed by atoms with Crippen LogP contribution in [-0.4, -0.2) is 24.3 Å². The SMILES string of the molecule is CCCOc1c(Cl)cc(Cl)cc1C(O)C(N)CCN. The largest absolute Gasteiger partial charge is 0.492 e. The van der Waals surface area contributed by atoms with Gasteiger partial charge in [-0.2, -0.15) is 0 Å². The molecule has 0 saturated carbocycles. The average Bonchev–Trinajstić information content (AvgIpc) is 2.36. The maximum Gasteiger partial charge on any atom is 0.143 e. The molecule has 2 unspecified atom stereocenters. The summed E-state index contributed by atoms with van der Waals surface area (Å²) in [4.78, 5) is 0. The van der Waals surface area contributed by atoms with E-state index in [1.165, 1.54) is 0 Å². The molecule has 0 heterocycles. The number of benzene rings is 1. The van der Waals surface area contributed by atoms with Crippen LogP contribution in [0.4, 0.5) is 0 Å². The van der Waals surface area contributed by atoms with Gasteiger partial charge in [0.1, 0.15) is 5.75 Å². The van der Waals surface area contributed by atoms with Gasteiger partial charge < -0.3 is 21.3 Å². The Morgan fingerprint density at radius 1 is 1.37 bits per heavy atom. The molecule has 5 N–H and O–H groups in total. The number of aliphatic hydroxyl groups is 1. The predicted molar refractivity (Wildman–Crippen MR) is 78.9 cm³/mol. The summed E-state index contributed by atoms with van der Waals surface area (Å²) in [5, 5.41) is 11.1. The van der Waals surface area contributed by atoms with Crippen LogP contribution < -0.4 is 16.2 Å². The third kappa shape index (κ3) is 4.51. The summed E-state index contributed by atoms with van der Waals surface area (Å²) in [5.41, 5.74) is 11.8. The van der Waals surface area contributed by atoms with E-state index < -0.39 is 12.1 Å². The highest BCUT2D eigenvalue weighted by atomic mass is 35.5. The van der Waals surface area contributed by atoms with Crippen molar-refractivity contribution in [3.8, 4) is 5.75 Å². The monoisotopic (exact) mass is 306 g/mol. The summed E-state index contributed by atoms with van der Waals surface area (Å²) in [5.74, 6) is 0.438. The fraction of sp³-hybridized carbons (Fsp3) is 0.538. The first-order valence-corrected chi connectivity index (χ1v) is 7.02. The molecule has 0 radical (unpaired) electrons. The van der Waals surface area contributed by atoms with Gasteiger partial charge in [-0.15, -0.1) is 0 Å². The standard InChI is InChI=1S/C13H20Cl2N2O2/c1-2-5-19-13-9(6-8(14)7-10(13)15)12(18)11(17)3-4-16/h6-7,11-12,18H,2-5,16-17H2,1H3. The van der Waals surface area contributed by atoms with Crippen molar-refractivity contribution < 1.29 is 9.84 Å². The lowest BCUT2D eigenvalue weighted by molar-refractivity contribution is 0.138. The predicted octanol–water partition coefficient (Wildman–Crippen LogP) is 2.49. The van der Waals surface area contributed by atoms with Crippen LogP contribution >= 0.6 is 23.2 Å². The molecule has 0 bridgehead atoms. The van der Waals surface area contributed by atoms with E-state index in [4.69, 9.17) is 39.4 Å². The van der Waals surface area contributed by atoms with Crippen LogP contribution in [0.3, 0.4) is 0 Å². The maximum absolute atomic E-state index is 10.3. The molecule has 0 aromatic heterocycles. The highest BCUT2D eigenvalue weighted by molar-refractivity contribution is 6.35. The minimum Gasteiger partial charge on any atom is -0.492 e. The summed E-state index contributed by atoms with van der Waals surface area (Å²) in [6.07, 6.45) is 0.425. The van der Waals surface area contributed by atoms with E-state index in [-0.39, 0.29) is 0 Å². The lowest BCUT2D eigenvalue weighted by Crippen LogP contribution is -2.31. The van der Waals surface area contributed by atoms with Gasteiger partial charge in [-0.25, -0.2) is 0 Å².